The molecule has 1 fully saturated rings. The molecule has 2 heterocycles. The highest BCUT2D eigenvalue weighted by atomic mass is 16.4. The number of carboxylic acid groups (broad SMARTS) is 1. The zero-order valence-corrected chi connectivity index (χ0v) is 10.7. The fourth-order valence-electron chi connectivity index (χ4n) is 1.98. The molecule has 1 aliphatic heterocycles. The van der Waals surface area contributed by atoms with Gasteiger partial charge in [0.05, 0.1) is 5.69 Å². The quantitative estimate of drug-likeness (QED) is 0.723. The second-order valence-electron chi connectivity index (χ2n) is 4.62. The van der Waals surface area contributed by atoms with E-state index in [1.54, 1.807) is 4.90 Å². The number of carbonyl (C=O) groups excluding carboxylic acids is 1. The smallest absolute Gasteiger partial charge is 0.358 e. The molecule has 0 saturated carbocycles. The Morgan fingerprint density at radius 3 is 2.53 bits per heavy atom. The van der Waals surface area contributed by atoms with Gasteiger partial charge in [-0.05, 0) is 7.05 Å². The van der Waals surface area contributed by atoms with Crippen LogP contribution in [0.1, 0.15) is 10.5 Å². The minimum absolute atomic E-state index is 0.0151. The summed E-state index contributed by atoms with van der Waals surface area (Å²) < 4.78 is 1.28. The van der Waals surface area contributed by atoms with Gasteiger partial charge in [-0.3, -0.25) is 9.48 Å². The number of carbonyl (C=O) groups is 2. The van der Waals surface area contributed by atoms with E-state index >= 15 is 0 Å². The largest absolute Gasteiger partial charge is 0.476 e. The highest BCUT2D eigenvalue weighted by Crippen LogP contribution is 2.09. The lowest BCUT2D eigenvalue weighted by Gasteiger charge is -2.32. The zero-order chi connectivity index (χ0) is 14.0. The van der Waals surface area contributed by atoms with Crippen molar-refractivity contribution in [3.8, 4) is 0 Å². The van der Waals surface area contributed by atoms with Gasteiger partial charge in [-0.15, -0.1) is 0 Å². The van der Waals surface area contributed by atoms with Crippen LogP contribution < -0.4 is 5.73 Å². The number of aromatic nitrogens is 2. The van der Waals surface area contributed by atoms with E-state index in [9.17, 15) is 9.59 Å². The molecule has 3 N–H and O–H groups in total. The minimum atomic E-state index is -1.19. The van der Waals surface area contributed by atoms with Gasteiger partial charge in [-0.2, -0.15) is 5.10 Å². The van der Waals surface area contributed by atoms with Crippen LogP contribution in [-0.4, -0.2) is 69.8 Å². The van der Waals surface area contributed by atoms with Gasteiger partial charge in [0.25, 0.3) is 0 Å². The molecule has 0 atom stereocenters. The van der Waals surface area contributed by atoms with E-state index in [1.807, 2.05) is 7.05 Å². The molecule has 19 heavy (non-hydrogen) atoms. The van der Waals surface area contributed by atoms with Crippen molar-refractivity contribution in [3.05, 3.63) is 11.9 Å². The molecular weight excluding hydrogens is 250 g/mol. The SMILES string of the molecule is CN1CCN(C(=O)Cn2cc(N)c(C(=O)O)n2)CC1. The van der Waals surface area contributed by atoms with Crippen molar-refractivity contribution in [1.82, 2.24) is 19.6 Å². The third-order valence-corrected chi connectivity index (χ3v) is 3.15. The third-order valence-electron chi connectivity index (χ3n) is 3.15. The summed E-state index contributed by atoms with van der Waals surface area (Å²) in [4.78, 5) is 26.7. The summed E-state index contributed by atoms with van der Waals surface area (Å²) in [6.07, 6.45) is 1.37. The number of piperazine rings is 1. The van der Waals surface area contributed by atoms with Crippen molar-refractivity contribution in [2.24, 2.45) is 0 Å². The van der Waals surface area contributed by atoms with Gasteiger partial charge in [0.1, 0.15) is 6.54 Å². The van der Waals surface area contributed by atoms with Gasteiger partial charge >= 0.3 is 5.97 Å². The molecule has 1 aromatic rings. The number of likely N-dealkylation sites (N-methyl/N-ethyl adjacent to an activating group) is 1. The molecule has 1 amide bonds. The van der Waals surface area contributed by atoms with Gasteiger partial charge in [-0.1, -0.05) is 0 Å². The van der Waals surface area contributed by atoms with E-state index in [1.165, 1.54) is 10.9 Å². The maximum absolute atomic E-state index is 12.0. The summed E-state index contributed by atoms with van der Waals surface area (Å²) in [6.45, 7) is 3.05. The average Bonchev–Trinajstić information content (AvgIpc) is 2.71. The highest BCUT2D eigenvalue weighted by molar-refractivity contribution is 5.91. The van der Waals surface area contributed by atoms with Crippen LogP contribution in [0, 0.1) is 0 Å². The van der Waals surface area contributed by atoms with Gasteiger partial charge in [0.15, 0.2) is 5.69 Å². The lowest BCUT2D eigenvalue weighted by atomic mass is 10.3. The van der Waals surface area contributed by atoms with Gasteiger partial charge < -0.3 is 20.6 Å². The van der Waals surface area contributed by atoms with Crippen molar-refractivity contribution < 1.29 is 14.7 Å². The maximum atomic E-state index is 12.0. The van der Waals surface area contributed by atoms with Crippen LogP contribution in [0.3, 0.4) is 0 Å². The second kappa shape index (κ2) is 5.27. The number of hydrogen-bond acceptors (Lipinski definition) is 5. The van der Waals surface area contributed by atoms with Crippen LogP contribution in [0.5, 0.6) is 0 Å². The predicted octanol–water partition coefficient (Wildman–Crippen LogP) is -1.06. The standard InChI is InChI=1S/C11H17N5O3/c1-14-2-4-15(5-3-14)9(17)7-16-6-8(12)10(13-16)11(18)19/h6H,2-5,7,12H2,1H3,(H,18,19). The first-order valence-corrected chi connectivity index (χ1v) is 6.00. The fraction of sp³-hybridized carbons (Fsp3) is 0.545. The summed E-state index contributed by atoms with van der Waals surface area (Å²) in [6, 6.07) is 0. The fourth-order valence-corrected chi connectivity index (χ4v) is 1.98. The number of rotatable bonds is 3. The highest BCUT2D eigenvalue weighted by Gasteiger charge is 2.20. The van der Waals surface area contributed by atoms with Crippen LogP contribution in [0.25, 0.3) is 0 Å². The lowest BCUT2D eigenvalue weighted by Crippen LogP contribution is -2.48. The van der Waals surface area contributed by atoms with Crippen molar-refractivity contribution in [2.45, 2.75) is 6.54 Å². The normalized spacial score (nSPS) is 16.6. The number of nitrogens with zero attached hydrogens (tertiary/aromatic N) is 4. The third kappa shape index (κ3) is 3.02. The van der Waals surface area contributed by atoms with Crippen LogP contribution in [-0.2, 0) is 11.3 Å². The molecule has 0 aromatic carbocycles. The van der Waals surface area contributed by atoms with Crippen molar-refractivity contribution >= 4 is 17.6 Å². The molecule has 1 aliphatic rings. The van der Waals surface area contributed by atoms with E-state index in [4.69, 9.17) is 10.8 Å². The molecule has 0 unspecified atom stereocenters. The van der Waals surface area contributed by atoms with E-state index in [-0.39, 0.29) is 23.8 Å². The molecule has 0 bridgehead atoms. The average molecular weight is 267 g/mol. The molecule has 8 heteroatoms. The maximum Gasteiger partial charge on any atom is 0.358 e. The van der Waals surface area contributed by atoms with Crippen molar-refractivity contribution in [3.63, 3.8) is 0 Å². The number of nitrogen functional groups attached to an aromatic ring is 1. The Kier molecular flexibility index (Phi) is 3.70. The van der Waals surface area contributed by atoms with E-state index in [0.29, 0.717) is 13.1 Å². The van der Waals surface area contributed by atoms with E-state index < -0.39 is 5.97 Å². The topological polar surface area (TPSA) is 105 Å². The van der Waals surface area contributed by atoms with Gasteiger partial charge in [0.2, 0.25) is 5.91 Å². The molecule has 8 nitrogen and oxygen atoms in total. The Labute approximate surface area is 110 Å². The van der Waals surface area contributed by atoms with Gasteiger partial charge in [0, 0.05) is 32.4 Å². The molecule has 104 valence electrons. The Morgan fingerprint density at radius 1 is 1.37 bits per heavy atom. The number of hydrogen-bond donors (Lipinski definition) is 2. The van der Waals surface area contributed by atoms with Crippen molar-refractivity contribution in [2.75, 3.05) is 39.0 Å². The molecule has 1 saturated heterocycles. The van der Waals surface area contributed by atoms with Crippen LogP contribution in [0.4, 0.5) is 5.69 Å². The number of nitrogens with two attached hydrogens (primary N) is 1. The first-order chi connectivity index (χ1) is 8.97. The minimum Gasteiger partial charge on any atom is -0.476 e. The second-order valence-corrected chi connectivity index (χ2v) is 4.62. The Bertz CT molecular complexity index is 491. The molecule has 0 aliphatic carbocycles. The molecular formula is C11H17N5O3. The zero-order valence-electron chi connectivity index (χ0n) is 10.7. The lowest BCUT2D eigenvalue weighted by molar-refractivity contribution is -0.133. The van der Waals surface area contributed by atoms with Crippen LogP contribution >= 0.6 is 0 Å². The first kappa shape index (κ1) is 13.3. The van der Waals surface area contributed by atoms with E-state index in [2.05, 4.69) is 10.00 Å². The van der Waals surface area contributed by atoms with Gasteiger partial charge in [-0.25, -0.2) is 4.79 Å². The number of carboxylic acids is 1. The number of anilines is 1. The number of aromatic carboxylic acids is 1. The summed E-state index contributed by atoms with van der Waals surface area (Å²) in [5, 5.41) is 12.6. The van der Waals surface area contributed by atoms with E-state index in [0.717, 1.165) is 13.1 Å². The molecule has 0 radical (unpaired) electrons. The molecule has 0 spiro atoms. The van der Waals surface area contributed by atoms with Crippen molar-refractivity contribution in [1.29, 1.82) is 0 Å². The Hall–Kier alpha value is -2.09. The molecule has 2 rings (SSSR count). The summed E-state index contributed by atoms with van der Waals surface area (Å²) >= 11 is 0. The first-order valence-electron chi connectivity index (χ1n) is 6.00. The molecule has 1 aromatic heterocycles. The summed E-state index contributed by atoms with van der Waals surface area (Å²) in [5.41, 5.74) is 5.37. The number of amides is 1. The monoisotopic (exact) mass is 267 g/mol. The summed E-state index contributed by atoms with van der Waals surface area (Å²) in [5.74, 6) is -1.27. The van der Waals surface area contributed by atoms with Crippen LogP contribution in [0.2, 0.25) is 0 Å². The summed E-state index contributed by atoms with van der Waals surface area (Å²) in [7, 11) is 2.01. The predicted molar refractivity (Wildman–Crippen MR) is 67.7 cm³/mol. The Morgan fingerprint density at radius 2 is 2.00 bits per heavy atom. The van der Waals surface area contributed by atoms with Crippen LogP contribution in [0.15, 0.2) is 6.20 Å². The Balaban J connectivity index is 1.99.